The van der Waals surface area contributed by atoms with Gasteiger partial charge in [-0.15, -0.1) is 0 Å². The summed E-state index contributed by atoms with van der Waals surface area (Å²) in [5.41, 5.74) is 2.34. The van der Waals surface area contributed by atoms with Crippen molar-refractivity contribution in [3.63, 3.8) is 0 Å². The molecule has 0 unspecified atom stereocenters. The summed E-state index contributed by atoms with van der Waals surface area (Å²) in [6, 6.07) is 4.46. The Balaban J connectivity index is 1.34. The maximum Gasteiger partial charge on any atom is 0.145 e. The highest BCUT2D eigenvalue weighted by Gasteiger charge is 2.23. The summed E-state index contributed by atoms with van der Waals surface area (Å²) in [4.78, 5) is 33.2. The molecule has 0 amide bonds. The van der Waals surface area contributed by atoms with Crippen LogP contribution in [-0.4, -0.2) is 56.8 Å². The van der Waals surface area contributed by atoms with E-state index in [0.29, 0.717) is 18.2 Å². The van der Waals surface area contributed by atoms with Gasteiger partial charge in [0.2, 0.25) is 0 Å². The molecule has 5 rings (SSSR count). The molecular formula is C25H30N6O. The third-order valence-corrected chi connectivity index (χ3v) is 6.79. The van der Waals surface area contributed by atoms with Crippen LogP contribution in [-0.2, 0) is 11.2 Å². The summed E-state index contributed by atoms with van der Waals surface area (Å²) in [7, 11) is 2.16. The van der Waals surface area contributed by atoms with Gasteiger partial charge >= 0.3 is 0 Å². The highest BCUT2D eigenvalue weighted by atomic mass is 16.1. The number of pyridine rings is 2. The number of carbonyl (C=O) groups excluding carboxylic acids is 1. The van der Waals surface area contributed by atoms with Crippen molar-refractivity contribution in [1.29, 1.82) is 0 Å². The van der Waals surface area contributed by atoms with E-state index in [4.69, 9.17) is 4.98 Å². The number of nitrogens with zero attached hydrogens (tertiary/aromatic N) is 5. The van der Waals surface area contributed by atoms with Crippen LogP contribution in [0, 0.1) is 5.92 Å². The molecule has 0 bridgehead atoms. The summed E-state index contributed by atoms with van der Waals surface area (Å²) in [6.45, 7) is 2.19. The molecule has 32 heavy (non-hydrogen) atoms. The van der Waals surface area contributed by atoms with Gasteiger partial charge in [0.05, 0.1) is 18.1 Å². The molecule has 0 spiro atoms. The highest BCUT2D eigenvalue weighted by Crippen LogP contribution is 2.27. The summed E-state index contributed by atoms with van der Waals surface area (Å²) in [6.07, 6.45) is 14.2. The van der Waals surface area contributed by atoms with E-state index in [1.165, 1.54) is 12.8 Å². The number of aromatic nitrogens is 4. The number of hydrogen-bond acceptors (Lipinski definition) is 7. The molecule has 3 aromatic heterocycles. The van der Waals surface area contributed by atoms with Gasteiger partial charge in [-0.2, -0.15) is 0 Å². The highest BCUT2D eigenvalue weighted by molar-refractivity contribution is 5.87. The minimum absolute atomic E-state index is 0.218. The van der Waals surface area contributed by atoms with Crippen LogP contribution < -0.4 is 5.32 Å². The van der Waals surface area contributed by atoms with Crippen molar-refractivity contribution in [3.8, 4) is 11.4 Å². The van der Waals surface area contributed by atoms with Crippen LogP contribution in [0.3, 0.4) is 0 Å². The SMILES string of the molecule is CN1CCC(Nc2cncc(-c3cc4cc(CC(=O)C5CCCC5)ncc4cn3)n2)CC1. The number of carbonyl (C=O) groups is 1. The summed E-state index contributed by atoms with van der Waals surface area (Å²) in [5, 5.41) is 5.51. The molecule has 1 saturated heterocycles. The van der Waals surface area contributed by atoms with E-state index >= 15 is 0 Å². The average molecular weight is 431 g/mol. The van der Waals surface area contributed by atoms with Gasteiger partial charge in [0.25, 0.3) is 0 Å². The van der Waals surface area contributed by atoms with Crippen molar-refractivity contribution in [2.24, 2.45) is 5.92 Å². The van der Waals surface area contributed by atoms with Crippen LogP contribution >= 0.6 is 0 Å². The van der Waals surface area contributed by atoms with Crippen molar-refractivity contribution < 1.29 is 4.79 Å². The number of likely N-dealkylation sites (tertiary alicyclic amines) is 1. The monoisotopic (exact) mass is 430 g/mol. The Bertz CT molecular complexity index is 1100. The quantitative estimate of drug-likeness (QED) is 0.635. The van der Waals surface area contributed by atoms with E-state index in [1.54, 1.807) is 12.4 Å². The Morgan fingerprint density at radius 3 is 2.56 bits per heavy atom. The lowest BCUT2D eigenvalue weighted by atomic mass is 9.98. The van der Waals surface area contributed by atoms with Crippen LogP contribution in [0.15, 0.2) is 36.9 Å². The first-order valence-corrected chi connectivity index (χ1v) is 11.7. The second-order valence-corrected chi connectivity index (χ2v) is 9.23. The number of ketones is 1. The first-order valence-electron chi connectivity index (χ1n) is 11.7. The molecule has 1 aliphatic heterocycles. The fraction of sp³-hybridized carbons (Fsp3) is 0.480. The standard InChI is InChI=1S/C25H30N6O/c1-31-8-6-20(7-9-31)29-25-16-26-15-23(30-25)22-11-18-10-21(27-13-19(18)14-28-22)12-24(32)17-4-2-3-5-17/h10-11,13-17,20H,2-9,12H2,1H3,(H,29,30). The fourth-order valence-corrected chi connectivity index (χ4v) is 4.81. The molecule has 0 aromatic carbocycles. The van der Waals surface area contributed by atoms with Crippen molar-refractivity contribution in [1.82, 2.24) is 24.8 Å². The molecule has 7 nitrogen and oxygen atoms in total. The largest absolute Gasteiger partial charge is 0.366 e. The van der Waals surface area contributed by atoms with E-state index in [9.17, 15) is 4.79 Å². The number of piperidine rings is 1. The number of hydrogen-bond donors (Lipinski definition) is 1. The number of rotatable bonds is 6. The molecular weight excluding hydrogens is 400 g/mol. The average Bonchev–Trinajstić information content (AvgIpc) is 3.36. The van der Waals surface area contributed by atoms with Crippen LogP contribution in [0.2, 0.25) is 0 Å². The predicted molar refractivity (Wildman–Crippen MR) is 125 cm³/mol. The first kappa shape index (κ1) is 20.9. The second-order valence-electron chi connectivity index (χ2n) is 9.23. The van der Waals surface area contributed by atoms with Gasteiger partial charge in [-0.25, -0.2) is 4.98 Å². The van der Waals surface area contributed by atoms with E-state index in [-0.39, 0.29) is 5.92 Å². The molecule has 1 saturated carbocycles. The fourth-order valence-electron chi connectivity index (χ4n) is 4.81. The number of fused-ring (bicyclic) bond motifs is 1. The smallest absolute Gasteiger partial charge is 0.145 e. The minimum Gasteiger partial charge on any atom is -0.366 e. The molecule has 2 fully saturated rings. The number of Topliss-reactive ketones (excluding diaryl/α,β-unsaturated/α-hetero) is 1. The third kappa shape index (κ3) is 4.78. The molecule has 166 valence electrons. The van der Waals surface area contributed by atoms with Crippen LogP contribution in [0.5, 0.6) is 0 Å². The van der Waals surface area contributed by atoms with Crippen LogP contribution in [0.1, 0.15) is 44.2 Å². The molecule has 0 atom stereocenters. The molecule has 4 heterocycles. The van der Waals surface area contributed by atoms with Gasteiger partial charge in [0.15, 0.2) is 0 Å². The van der Waals surface area contributed by atoms with E-state index in [2.05, 4.69) is 32.2 Å². The third-order valence-electron chi connectivity index (χ3n) is 6.79. The summed E-state index contributed by atoms with van der Waals surface area (Å²) < 4.78 is 0. The van der Waals surface area contributed by atoms with Crippen molar-refractivity contribution in [2.75, 3.05) is 25.5 Å². The lowest BCUT2D eigenvalue weighted by Gasteiger charge is -2.29. The molecule has 3 aromatic rings. The molecule has 1 N–H and O–H groups in total. The summed E-state index contributed by atoms with van der Waals surface area (Å²) in [5.74, 6) is 1.33. The van der Waals surface area contributed by atoms with Gasteiger partial charge in [-0.3, -0.25) is 19.7 Å². The van der Waals surface area contributed by atoms with Crippen LogP contribution in [0.4, 0.5) is 5.82 Å². The Morgan fingerprint density at radius 1 is 0.969 bits per heavy atom. The zero-order chi connectivity index (χ0) is 21.9. The Morgan fingerprint density at radius 2 is 1.75 bits per heavy atom. The normalized spacial score (nSPS) is 18.3. The van der Waals surface area contributed by atoms with Crippen molar-refractivity contribution in [3.05, 3.63) is 42.6 Å². The van der Waals surface area contributed by atoms with E-state index < -0.39 is 0 Å². The van der Waals surface area contributed by atoms with Crippen molar-refractivity contribution in [2.45, 2.75) is 51.0 Å². The second kappa shape index (κ2) is 9.28. The molecule has 7 heteroatoms. The zero-order valence-electron chi connectivity index (χ0n) is 18.6. The Labute approximate surface area is 188 Å². The number of nitrogens with one attached hydrogen (secondary N) is 1. The Hall–Kier alpha value is -2.93. The van der Waals surface area contributed by atoms with Gasteiger partial charge in [0, 0.05) is 41.9 Å². The van der Waals surface area contributed by atoms with Gasteiger partial charge in [0.1, 0.15) is 17.3 Å². The molecule has 1 aliphatic carbocycles. The van der Waals surface area contributed by atoms with Crippen molar-refractivity contribution >= 4 is 22.4 Å². The van der Waals surface area contributed by atoms with E-state index in [1.807, 2.05) is 24.5 Å². The lowest BCUT2D eigenvalue weighted by molar-refractivity contribution is -0.122. The Kier molecular flexibility index (Phi) is 6.08. The topological polar surface area (TPSA) is 83.9 Å². The van der Waals surface area contributed by atoms with Gasteiger partial charge in [-0.1, -0.05) is 12.8 Å². The maximum absolute atomic E-state index is 12.6. The molecule has 2 aliphatic rings. The summed E-state index contributed by atoms with van der Waals surface area (Å²) >= 11 is 0. The van der Waals surface area contributed by atoms with Gasteiger partial charge < -0.3 is 10.2 Å². The predicted octanol–water partition coefficient (Wildman–Crippen LogP) is 3.89. The molecule has 0 radical (unpaired) electrons. The first-order chi connectivity index (χ1) is 15.6. The van der Waals surface area contributed by atoms with Crippen LogP contribution in [0.25, 0.3) is 22.2 Å². The maximum atomic E-state index is 12.6. The zero-order valence-corrected chi connectivity index (χ0v) is 18.6. The number of anilines is 1. The minimum atomic E-state index is 0.218. The van der Waals surface area contributed by atoms with Gasteiger partial charge in [-0.05, 0) is 63.3 Å². The van der Waals surface area contributed by atoms with E-state index in [0.717, 1.165) is 72.4 Å². The lowest BCUT2D eigenvalue weighted by Crippen LogP contribution is -2.36.